The number of aromatic carboxylic acids is 1. The first-order valence-corrected chi connectivity index (χ1v) is 6.13. The van der Waals surface area contributed by atoms with Gasteiger partial charge in [0, 0.05) is 6.04 Å². The van der Waals surface area contributed by atoms with Gasteiger partial charge in [-0.05, 0) is 13.3 Å². The molecule has 1 rings (SSSR count). The van der Waals surface area contributed by atoms with Crippen LogP contribution in [0.1, 0.15) is 62.5 Å². The van der Waals surface area contributed by atoms with Gasteiger partial charge in [0.15, 0.2) is 5.69 Å². The number of hydrogen-bond acceptors (Lipinski definition) is 3. The number of unbranched alkanes of at least 4 members (excludes halogenated alkanes) is 3. The van der Waals surface area contributed by atoms with E-state index in [4.69, 9.17) is 10.8 Å². The van der Waals surface area contributed by atoms with Crippen LogP contribution in [0.4, 0.5) is 5.82 Å². The van der Waals surface area contributed by atoms with Gasteiger partial charge >= 0.3 is 5.97 Å². The molecule has 0 radical (unpaired) electrons. The zero-order chi connectivity index (χ0) is 12.8. The van der Waals surface area contributed by atoms with Crippen LogP contribution >= 0.6 is 0 Å². The lowest BCUT2D eigenvalue weighted by atomic mass is 10.1. The van der Waals surface area contributed by atoms with E-state index in [9.17, 15) is 4.79 Å². The van der Waals surface area contributed by atoms with Crippen molar-refractivity contribution in [3.8, 4) is 0 Å². The monoisotopic (exact) mass is 239 g/mol. The summed E-state index contributed by atoms with van der Waals surface area (Å²) in [6.45, 7) is 4.21. The summed E-state index contributed by atoms with van der Waals surface area (Å²) in [6.07, 6.45) is 7.32. The molecule has 96 valence electrons. The SMILES string of the molecule is CCCCCCC(C)n1cnc(C(=O)O)c1N. The van der Waals surface area contributed by atoms with Crippen LogP contribution in [0.25, 0.3) is 0 Å². The van der Waals surface area contributed by atoms with E-state index in [0.29, 0.717) is 0 Å². The maximum atomic E-state index is 10.8. The molecule has 1 heterocycles. The molecule has 0 aromatic carbocycles. The number of carbonyl (C=O) groups is 1. The van der Waals surface area contributed by atoms with Crippen molar-refractivity contribution in [3.63, 3.8) is 0 Å². The van der Waals surface area contributed by atoms with Crippen LogP contribution in [0.5, 0.6) is 0 Å². The van der Waals surface area contributed by atoms with Gasteiger partial charge in [-0.3, -0.25) is 0 Å². The largest absolute Gasteiger partial charge is 0.476 e. The molecular formula is C12H21N3O2. The molecule has 3 N–H and O–H groups in total. The van der Waals surface area contributed by atoms with Crippen molar-refractivity contribution in [2.24, 2.45) is 0 Å². The minimum absolute atomic E-state index is 0.0505. The Bertz CT molecular complexity index is 374. The van der Waals surface area contributed by atoms with E-state index in [2.05, 4.69) is 11.9 Å². The summed E-state index contributed by atoms with van der Waals surface area (Å²) in [5, 5.41) is 8.85. The van der Waals surface area contributed by atoms with E-state index in [1.807, 2.05) is 6.92 Å². The maximum Gasteiger partial charge on any atom is 0.358 e. The lowest BCUT2D eigenvalue weighted by Crippen LogP contribution is -2.10. The Labute approximate surface area is 102 Å². The Balaban J connectivity index is 2.57. The smallest absolute Gasteiger partial charge is 0.358 e. The maximum absolute atomic E-state index is 10.8. The highest BCUT2D eigenvalue weighted by Gasteiger charge is 2.17. The van der Waals surface area contributed by atoms with E-state index in [-0.39, 0.29) is 17.6 Å². The molecule has 0 saturated heterocycles. The first-order valence-electron chi connectivity index (χ1n) is 6.13. The summed E-state index contributed by atoms with van der Waals surface area (Å²) in [7, 11) is 0. The molecule has 0 spiro atoms. The summed E-state index contributed by atoms with van der Waals surface area (Å²) in [4.78, 5) is 14.6. The zero-order valence-corrected chi connectivity index (χ0v) is 10.5. The number of nitrogens with zero attached hydrogens (tertiary/aromatic N) is 2. The van der Waals surface area contributed by atoms with E-state index in [1.54, 1.807) is 4.57 Å². The molecule has 1 aromatic rings. The van der Waals surface area contributed by atoms with Crippen molar-refractivity contribution in [1.29, 1.82) is 0 Å². The fourth-order valence-electron chi connectivity index (χ4n) is 1.89. The van der Waals surface area contributed by atoms with Crippen molar-refractivity contribution >= 4 is 11.8 Å². The Morgan fingerprint density at radius 3 is 2.76 bits per heavy atom. The molecule has 17 heavy (non-hydrogen) atoms. The molecule has 5 heteroatoms. The van der Waals surface area contributed by atoms with Crippen molar-refractivity contribution in [2.45, 2.75) is 52.0 Å². The van der Waals surface area contributed by atoms with Gasteiger partial charge in [-0.25, -0.2) is 9.78 Å². The molecule has 0 fully saturated rings. The second-order valence-electron chi connectivity index (χ2n) is 4.39. The molecule has 1 aromatic heterocycles. The topological polar surface area (TPSA) is 81.1 Å². The normalized spacial score (nSPS) is 12.6. The van der Waals surface area contributed by atoms with Gasteiger partial charge < -0.3 is 15.4 Å². The highest BCUT2D eigenvalue weighted by atomic mass is 16.4. The first kappa shape index (κ1) is 13.5. The van der Waals surface area contributed by atoms with E-state index in [1.165, 1.54) is 25.6 Å². The van der Waals surface area contributed by atoms with Gasteiger partial charge in [-0.2, -0.15) is 0 Å². The number of nitrogens with two attached hydrogens (primary N) is 1. The lowest BCUT2D eigenvalue weighted by molar-refractivity contribution is 0.0692. The molecule has 5 nitrogen and oxygen atoms in total. The standard InChI is InChI=1S/C12H21N3O2/c1-3-4-5-6-7-9(2)15-8-14-10(11(15)13)12(16)17/h8-9H,3-7,13H2,1-2H3,(H,16,17). The molecule has 0 aliphatic heterocycles. The van der Waals surface area contributed by atoms with Crippen LogP contribution in [0, 0.1) is 0 Å². The summed E-state index contributed by atoms with van der Waals surface area (Å²) >= 11 is 0. The predicted octanol–water partition coefficient (Wildman–Crippen LogP) is 2.69. The first-order chi connectivity index (χ1) is 8.07. The number of rotatable bonds is 7. The number of nitrogen functional groups attached to an aromatic ring is 1. The van der Waals surface area contributed by atoms with E-state index in [0.717, 1.165) is 12.8 Å². The molecule has 0 aliphatic carbocycles. The van der Waals surface area contributed by atoms with Crippen LogP contribution in [-0.4, -0.2) is 20.6 Å². The number of aromatic nitrogens is 2. The lowest BCUT2D eigenvalue weighted by Gasteiger charge is -2.14. The minimum atomic E-state index is -1.07. The van der Waals surface area contributed by atoms with E-state index < -0.39 is 5.97 Å². The quantitative estimate of drug-likeness (QED) is 0.717. The number of carboxylic acids is 1. The second kappa shape index (κ2) is 6.27. The Morgan fingerprint density at radius 2 is 2.24 bits per heavy atom. The van der Waals surface area contributed by atoms with Crippen LogP contribution < -0.4 is 5.73 Å². The fraction of sp³-hybridized carbons (Fsp3) is 0.667. The summed E-state index contributed by atoms with van der Waals surface area (Å²) in [5.41, 5.74) is 5.70. The Hall–Kier alpha value is -1.52. The van der Waals surface area contributed by atoms with Crippen molar-refractivity contribution in [2.75, 3.05) is 5.73 Å². The van der Waals surface area contributed by atoms with Crippen molar-refractivity contribution in [1.82, 2.24) is 9.55 Å². The average Bonchev–Trinajstić information content (AvgIpc) is 2.66. The van der Waals surface area contributed by atoms with Crippen molar-refractivity contribution in [3.05, 3.63) is 12.0 Å². The van der Waals surface area contributed by atoms with Crippen LogP contribution in [-0.2, 0) is 0 Å². The van der Waals surface area contributed by atoms with Gasteiger partial charge in [-0.1, -0.05) is 32.6 Å². The summed E-state index contributed by atoms with van der Waals surface area (Å²) in [5.74, 6) is -0.820. The minimum Gasteiger partial charge on any atom is -0.476 e. The molecule has 1 unspecified atom stereocenters. The number of imidazole rings is 1. The zero-order valence-electron chi connectivity index (χ0n) is 10.5. The molecular weight excluding hydrogens is 218 g/mol. The van der Waals surface area contributed by atoms with Gasteiger partial charge in [0.1, 0.15) is 5.82 Å². The molecule has 0 aliphatic rings. The Morgan fingerprint density at radius 1 is 1.53 bits per heavy atom. The molecule has 0 amide bonds. The highest BCUT2D eigenvalue weighted by Crippen LogP contribution is 2.21. The van der Waals surface area contributed by atoms with E-state index >= 15 is 0 Å². The summed E-state index contributed by atoms with van der Waals surface area (Å²) < 4.78 is 1.75. The van der Waals surface area contributed by atoms with Gasteiger partial charge in [0.05, 0.1) is 6.33 Å². The van der Waals surface area contributed by atoms with Crippen LogP contribution in [0.15, 0.2) is 6.33 Å². The van der Waals surface area contributed by atoms with Crippen LogP contribution in [0.2, 0.25) is 0 Å². The average molecular weight is 239 g/mol. The number of hydrogen-bond donors (Lipinski definition) is 2. The molecule has 1 atom stereocenters. The van der Waals surface area contributed by atoms with Gasteiger partial charge in [0.2, 0.25) is 0 Å². The highest BCUT2D eigenvalue weighted by molar-refractivity contribution is 5.90. The second-order valence-corrected chi connectivity index (χ2v) is 4.39. The third-order valence-corrected chi connectivity index (χ3v) is 2.98. The predicted molar refractivity (Wildman–Crippen MR) is 67.1 cm³/mol. The molecule has 0 bridgehead atoms. The number of anilines is 1. The fourth-order valence-corrected chi connectivity index (χ4v) is 1.89. The number of carboxylic acid groups (broad SMARTS) is 1. The molecule has 0 saturated carbocycles. The van der Waals surface area contributed by atoms with Crippen LogP contribution in [0.3, 0.4) is 0 Å². The van der Waals surface area contributed by atoms with Gasteiger partial charge in [-0.15, -0.1) is 0 Å². The third-order valence-electron chi connectivity index (χ3n) is 2.98. The summed E-state index contributed by atoms with van der Waals surface area (Å²) in [6, 6.07) is 0.201. The Kier molecular flexibility index (Phi) is 5.00. The third kappa shape index (κ3) is 3.47. The van der Waals surface area contributed by atoms with Gasteiger partial charge in [0.25, 0.3) is 0 Å². The van der Waals surface area contributed by atoms with Crippen molar-refractivity contribution < 1.29 is 9.90 Å².